The van der Waals surface area contributed by atoms with Crippen LogP contribution in [0.15, 0.2) is 47.9 Å². The molecule has 1 aliphatic heterocycles. The first-order valence-electron chi connectivity index (χ1n) is 6.74. The van der Waals surface area contributed by atoms with Crippen molar-refractivity contribution in [1.29, 1.82) is 0 Å². The Hall–Kier alpha value is -3.15. The number of aromatic hydroxyl groups is 1. The predicted octanol–water partition coefficient (Wildman–Crippen LogP) is 2.73. The number of ether oxygens (including phenoxy) is 1. The van der Waals surface area contributed by atoms with Crippen molar-refractivity contribution in [2.45, 2.75) is 0 Å². The van der Waals surface area contributed by atoms with Gasteiger partial charge in [0.05, 0.1) is 24.2 Å². The number of fused-ring (bicyclic) bond motifs is 3. The Labute approximate surface area is 125 Å². The number of hydrogen-bond donors (Lipinski definition) is 3. The van der Waals surface area contributed by atoms with Gasteiger partial charge in [-0.1, -0.05) is 11.2 Å². The lowest BCUT2D eigenvalue weighted by molar-refractivity contribution is 0.319. The van der Waals surface area contributed by atoms with E-state index < -0.39 is 0 Å². The van der Waals surface area contributed by atoms with Crippen LogP contribution in [0.2, 0.25) is 0 Å². The number of methoxy groups -OCH3 is 1. The molecular formula is C16H13N3O3. The number of rotatable bonds is 2. The average Bonchev–Trinajstić information content (AvgIpc) is 3.18. The van der Waals surface area contributed by atoms with E-state index in [0.717, 1.165) is 28.2 Å². The van der Waals surface area contributed by atoms with Gasteiger partial charge in [0.2, 0.25) is 0 Å². The molecule has 6 heteroatoms. The maximum absolute atomic E-state index is 9.99. The first-order valence-corrected chi connectivity index (χ1v) is 6.74. The standard InChI is InChI=1S/C16H13N3O3/c1-22-13-5-4-9(7-12(13)20)10-8-17-15-14(18-21)11-3-2-6-19(11)16(10)15/h2-8,17,20-21H,1H3/b18-14-. The Kier molecular flexibility index (Phi) is 2.53. The van der Waals surface area contributed by atoms with E-state index in [-0.39, 0.29) is 5.75 Å². The van der Waals surface area contributed by atoms with Crippen LogP contribution in [0.5, 0.6) is 11.5 Å². The van der Waals surface area contributed by atoms with Crippen molar-refractivity contribution in [1.82, 2.24) is 9.55 Å². The number of nitrogens with zero attached hydrogens (tertiary/aromatic N) is 2. The monoisotopic (exact) mass is 295 g/mol. The number of nitrogens with one attached hydrogen (secondary N) is 1. The summed E-state index contributed by atoms with van der Waals surface area (Å²) in [5, 5.41) is 22.6. The normalized spacial score (nSPS) is 14.1. The van der Waals surface area contributed by atoms with Crippen molar-refractivity contribution in [2.75, 3.05) is 7.11 Å². The Bertz CT molecular complexity index is 905. The van der Waals surface area contributed by atoms with Gasteiger partial charge in [-0.05, 0) is 29.8 Å². The third kappa shape index (κ3) is 1.52. The molecule has 1 aromatic carbocycles. The van der Waals surface area contributed by atoms with Gasteiger partial charge >= 0.3 is 0 Å². The van der Waals surface area contributed by atoms with Gasteiger partial charge in [0.25, 0.3) is 0 Å². The summed E-state index contributed by atoms with van der Waals surface area (Å²) in [7, 11) is 1.51. The zero-order valence-corrected chi connectivity index (χ0v) is 11.7. The largest absolute Gasteiger partial charge is 0.504 e. The molecule has 0 saturated carbocycles. The molecule has 0 radical (unpaired) electrons. The Balaban J connectivity index is 1.93. The summed E-state index contributed by atoms with van der Waals surface area (Å²) in [6, 6.07) is 9.03. The van der Waals surface area contributed by atoms with Crippen LogP contribution in [0, 0.1) is 0 Å². The minimum atomic E-state index is 0.0803. The third-order valence-electron chi connectivity index (χ3n) is 3.91. The Morgan fingerprint density at radius 1 is 1.27 bits per heavy atom. The van der Waals surface area contributed by atoms with E-state index >= 15 is 0 Å². The fraction of sp³-hybridized carbons (Fsp3) is 0.0625. The van der Waals surface area contributed by atoms with Crippen LogP contribution >= 0.6 is 0 Å². The Morgan fingerprint density at radius 2 is 2.14 bits per heavy atom. The lowest BCUT2D eigenvalue weighted by Gasteiger charge is -2.07. The molecule has 2 aromatic heterocycles. The first-order chi connectivity index (χ1) is 10.7. The number of phenolic OH excluding ortho intramolecular Hbond substituents is 1. The highest BCUT2D eigenvalue weighted by Gasteiger charge is 2.29. The molecule has 0 bridgehead atoms. The summed E-state index contributed by atoms with van der Waals surface area (Å²) in [6.45, 7) is 0. The van der Waals surface area contributed by atoms with Crippen LogP contribution in [0.4, 0.5) is 0 Å². The van der Waals surface area contributed by atoms with Crippen LogP contribution in [0.3, 0.4) is 0 Å². The van der Waals surface area contributed by atoms with E-state index in [4.69, 9.17) is 4.74 Å². The molecule has 110 valence electrons. The molecule has 0 unspecified atom stereocenters. The van der Waals surface area contributed by atoms with Crippen molar-refractivity contribution in [2.24, 2.45) is 5.16 Å². The van der Waals surface area contributed by atoms with E-state index in [1.807, 2.05) is 35.2 Å². The molecule has 6 nitrogen and oxygen atoms in total. The van der Waals surface area contributed by atoms with E-state index in [0.29, 0.717) is 11.5 Å². The fourth-order valence-corrected chi connectivity index (χ4v) is 2.92. The number of oxime groups is 1. The molecule has 3 aromatic rings. The van der Waals surface area contributed by atoms with Gasteiger partial charge in [-0.2, -0.15) is 0 Å². The smallest absolute Gasteiger partial charge is 0.160 e. The molecule has 1 aliphatic rings. The number of hydrogen-bond acceptors (Lipinski definition) is 4. The summed E-state index contributed by atoms with van der Waals surface area (Å²) < 4.78 is 7.03. The van der Waals surface area contributed by atoms with Crippen LogP contribution < -0.4 is 4.74 Å². The van der Waals surface area contributed by atoms with Crippen LogP contribution in [-0.4, -0.2) is 32.7 Å². The first kappa shape index (κ1) is 12.6. The summed E-state index contributed by atoms with van der Waals surface area (Å²) in [5.41, 5.74) is 4.73. The second-order valence-electron chi connectivity index (χ2n) is 5.02. The highest BCUT2D eigenvalue weighted by atomic mass is 16.5. The van der Waals surface area contributed by atoms with Gasteiger partial charge in [-0.3, -0.25) is 0 Å². The topological polar surface area (TPSA) is 82.8 Å². The third-order valence-corrected chi connectivity index (χ3v) is 3.91. The van der Waals surface area contributed by atoms with Crippen LogP contribution in [0.25, 0.3) is 16.8 Å². The molecule has 0 atom stereocenters. The molecular weight excluding hydrogens is 282 g/mol. The summed E-state index contributed by atoms with van der Waals surface area (Å²) in [4.78, 5) is 3.14. The van der Waals surface area contributed by atoms with E-state index in [1.165, 1.54) is 7.11 Å². The van der Waals surface area contributed by atoms with Gasteiger partial charge < -0.3 is 24.6 Å². The van der Waals surface area contributed by atoms with Crippen molar-refractivity contribution in [3.05, 3.63) is 54.1 Å². The number of aromatic nitrogens is 2. The lowest BCUT2D eigenvalue weighted by Crippen LogP contribution is -1.98. The van der Waals surface area contributed by atoms with Crippen molar-refractivity contribution in [3.8, 4) is 28.3 Å². The van der Waals surface area contributed by atoms with E-state index in [2.05, 4.69) is 10.1 Å². The van der Waals surface area contributed by atoms with Crippen molar-refractivity contribution >= 4 is 5.71 Å². The second-order valence-corrected chi connectivity index (χ2v) is 5.02. The number of phenols is 1. The van der Waals surface area contributed by atoms with Crippen LogP contribution in [-0.2, 0) is 0 Å². The van der Waals surface area contributed by atoms with Gasteiger partial charge in [0.1, 0.15) is 0 Å². The molecule has 0 aliphatic carbocycles. The SMILES string of the molecule is COc1ccc(-c2c[nH]c3c2-n2cccc2/C3=N/O)cc1O. The highest BCUT2D eigenvalue weighted by molar-refractivity contribution is 6.17. The van der Waals surface area contributed by atoms with E-state index in [1.54, 1.807) is 12.1 Å². The zero-order chi connectivity index (χ0) is 15.3. The minimum Gasteiger partial charge on any atom is -0.504 e. The summed E-state index contributed by atoms with van der Waals surface area (Å²) in [5.74, 6) is 0.506. The number of benzene rings is 1. The Morgan fingerprint density at radius 3 is 2.86 bits per heavy atom. The maximum atomic E-state index is 9.99. The highest BCUT2D eigenvalue weighted by Crippen LogP contribution is 2.39. The molecule has 0 amide bonds. The molecule has 4 rings (SSSR count). The number of H-pyrrole nitrogens is 1. The molecule has 0 saturated heterocycles. The van der Waals surface area contributed by atoms with Gasteiger partial charge in [0, 0.05) is 18.0 Å². The quantitative estimate of drug-likeness (QED) is 0.393. The molecule has 22 heavy (non-hydrogen) atoms. The average molecular weight is 295 g/mol. The molecule has 0 fully saturated rings. The lowest BCUT2D eigenvalue weighted by atomic mass is 10.1. The van der Waals surface area contributed by atoms with Gasteiger partial charge in [-0.15, -0.1) is 0 Å². The van der Waals surface area contributed by atoms with E-state index in [9.17, 15) is 10.3 Å². The fourth-order valence-electron chi connectivity index (χ4n) is 2.92. The predicted molar refractivity (Wildman–Crippen MR) is 81.2 cm³/mol. The van der Waals surface area contributed by atoms with Gasteiger partial charge in [0.15, 0.2) is 17.2 Å². The van der Waals surface area contributed by atoms with Crippen LogP contribution in [0.1, 0.15) is 11.4 Å². The summed E-state index contributed by atoms with van der Waals surface area (Å²) in [6.07, 6.45) is 3.74. The van der Waals surface area contributed by atoms with Crippen molar-refractivity contribution in [3.63, 3.8) is 0 Å². The van der Waals surface area contributed by atoms with Crippen molar-refractivity contribution < 1.29 is 15.1 Å². The maximum Gasteiger partial charge on any atom is 0.160 e. The minimum absolute atomic E-state index is 0.0803. The summed E-state index contributed by atoms with van der Waals surface area (Å²) >= 11 is 0. The number of aromatic amines is 1. The zero-order valence-electron chi connectivity index (χ0n) is 11.7. The molecule has 3 heterocycles. The van der Waals surface area contributed by atoms with Gasteiger partial charge in [-0.25, -0.2) is 0 Å². The second kappa shape index (κ2) is 4.42. The molecule has 3 N–H and O–H groups in total. The molecule has 0 spiro atoms.